The molecule has 2 rings (SSSR count). The fourth-order valence-corrected chi connectivity index (χ4v) is 1.91. The maximum atomic E-state index is 6.11. The molecule has 1 heterocycles. The van der Waals surface area contributed by atoms with E-state index in [1.165, 1.54) is 0 Å². The van der Waals surface area contributed by atoms with Crippen molar-refractivity contribution in [2.24, 2.45) is 0 Å². The Morgan fingerprint density at radius 2 is 1.95 bits per heavy atom. The maximum absolute atomic E-state index is 6.11. The van der Waals surface area contributed by atoms with E-state index in [0.29, 0.717) is 13.2 Å². The van der Waals surface area contributed by atoms with Gasteiger partial charge in [0.05, 0.1) is 6.54 Å². The zero-order valence-electron chi connectivity index (χ0n) is 11.1. The second kappa shape index (κ2) is 6.43. The van der Waals surface area contributed by atoms with Gasteiger partial charge in [0, 0.05) is 11.2 Å². The molecule has 4 heteroatoms. The molecule has 0 amide bonds. The lowest BCUT2D eigenvalue weighted by Gasteiger charge is -2.10. The summed E-state index contributed by atoms with van der Waals surface area (Å²) in [6.07, 6.45) is 1.76. The first-order valence-electron chi connectivity index (χ1n) is 6.21. The van der Waals surface area contributed by atoms with Gasteiger partial charge in [-0.1, -0.05) is 17.7 Å². The first kappa shape index (κ1) is 13.7. The van der Waals surface area contributed by atoms with E-state index < -0.39 is 0 Å². The maximum Gasteiger partial charge on any atom is 0.125 e. The highest BCUT2D eigenvalue weighted by Gasteiger charge is 2.03. The lowest BCUT2D eigenvalue weighted by atomic mass is 10.1. The third kappa shape index (κ3) is 3.86. The van der Waals surface area contributed by atoms with Crippen LogP contribution in [-0.2, 0) is 0 Å². The van der Waals surface area contributed by atoms with Crippen LogP contribution >= 0.6 is 11.6 Å². The number of aryl methyl sites for hydroxylation is 2. The van der Waals surface area contributed by atoms with Gasteiger partial charge in [0.25, 0.3) is 0 Å². The van der Waals surface area contributed by atoms with Gasteiger partial charge in [-0.3, -0.25) is 0 Å². The van der Waals surface area contributed by atoms with Crippen LogP contribution < -0.4 is 10.1 Å². The lowest BCUT2D eigenvalue weighted by Crippen LogP contribution is -2.12. The molecular weight excluding hydrogens is 260 g/mol. The third-order valence-electron chi connectivity index (χ3n) is 2.75. The Bertz CT molecular complexity index is 520. The molecule has 1 N–H and O–H groups in total. The molecule has 0 bridgehead atoms. The van der Waals surface area contributed by atoms with Gasteiger partial charge in [-0.2, -0.15) is 0 Å². The number of aromatic nitrogens is 1. The molecular formula is C15H17ClN2O. The van der Waals surface area contributed by atoms with E-state index in [-0.39, 0.29) is 0 Å². The summed E-state index contributed by atoms with van der Waals surface area (Å²) >= 11 is 6.11. The Kier molecular flexibility index (Phi) is 4.63. The molecule has 0 fully saturated rings. The number of hydrogen-bond acceptors (Lipinski definition) is 3. The number of hydrogen-bond donors (Lipinski definition) is 1. The van der Waals surface area contributed by atoms with Crippen LogP contribution in [0.25, 0.3) is 0 Å². The van der Waals surface area contributed by atoms with Crippen LogP contribution in [0.5, 0.6) is 5.75 Å². The molecule has 1 aromatic heterocycles. The topological polar surface area (TPSA) is 34.1 Å². The molecule has 0 aliphatic heterocycles. The summed E-state index contributed by atoms with van der Waals surface area (Å²) in [5.74, 6) is 1.71. The number of ether oxygens (including phenoxy) is 1. The largest absolute Gasteiger partial charge is 0.492 e. The third-order valence-corrected chi connectivity index (χ3v) is 3.35. The number of benzene rings is 1. The molecule has 0 unspecified atom stereocenters. The Balaban J connectivity index is 1.83. The molecule has 0 radical (unpaired) electrons. The van der Waals surface area contributed by atoms with Gasteiger partial charge < -0.3 is 10.1 Å². The zero-order chi connectivity index (χ0) is 13.7. The van der Waals surface area contributed by atoms with Gasteiger partial charge in [-0.25, -0.2) is 4.98 Å². The fourth-order valence-electron chi connectivity index (χ4n) is 1.80. The summed E-state index contributed by atoms with van der Waals surface area (Å²) in [5, 5.41) is 4.00. The molecule has 0 aliphatic carbocycles. The van der Waals surface area contributed by atoms with Gasteiger partial charge in [-0.05, 0) is 49.2 Å². The number of nitrogens with zero attached hydrogens (tertiary/aromatic N) is 1. The van der Waals surface area contributed by atoms with E-state index in [9.17, 15) is 0 Å². The fraction of sp³-hybridized carbons (Fsp3) is 0.267. The normalized spacial score (nSPS) is 10.3. The predicted molar refractivity (Wildman–Crippen MR) is 79.1 cm³/mol. The molecule has 3 nitrogen and oxygen atoms in total. The standard InChI is InChI=1S/C15H17ClN2O/c1-11-9-13(10-12(2)15(11)16)19-8-7-18-14-5-3-4-6-17-14/h3-6,9-10H,7-8H2,1-2H3,(H,17,18). The van der Waals surface area contributed by atoms with Crippen molar-refractivity contribution in [3.8, 4) is 5.75 Å². The molecule has 0 atom stereocenters. The minimum Gasteiger partial charge on any atom is -0.492 e. The van der Waals surface area contributed by atoms with Crippen molar-refractivity contribution in [1.82, 2.24) is 4.98 Å². The number of anilines is 1. The average Bonchev–Trinajstić information content (AvgIpc) is 2.42. The number of rotatable bonds is 5. The van der Waals surface area contributed by atoms with E-state index in [2.05, 4.69) is 10.3 Å². The molecule has 0 aliphatic rings. The lowest BCUT2D eigenvalue weighted by molar-refractivity contribution is 0.332. The molecule has 0 saturated heterocycles. The molecule has 100 valence electrons. The number of halogens is 1. The Labute approximate surface area is 118 Å². The van der Waals surface area contributed by atoms with E-state index in [4.69, 9.17) is 16.3 Å². The summed E-state index contributed by atoms with van der Waals surface area (Å²) in [5.41, 5.74) is 2.07. The number of pyridine rings is 1. The Hall–Kier alpha value is -1.74. The minimum absolute atomic E-state index is 0.580. The summed E-state index contributed by atoms with van der Waals surface area (Å²) in [6, 6.07) is 9.67. The summed E-state index contributed by atoms with van der Waals surface area (Å²) in [6.45, 7) is 5.25. The van der Waals surface area contributed by atoms with E-state index in [0.717, 1.165) is 27.7 Å². The highest BCUT2D eigenvalue weighted by atomic mass is 35.5. The Morgan fingerprint density at radius 3 is 2.58 bits per heavy atom. The summed E-state index contributed by atoms with van der Waals surface area (Å²) < 4.78 is 5.70. The van der Waals surface area contributed by atoms with Gasteiger partial charge in [0.1, 0.15) is 18.2 Å². The Morgan fingerprint density at radius 1 is 1.21 bits per heavy atom. The first-order chi connectivity index (χ1) is 9.16. The molecule has 19 heavy (non-hydrogen) atoms. The van der Waals surface area contributed by atoms with Crippen LogP contribution in [0.3, 0.4) is 0 Å². The van der Waals surface area contributed by atoms with E-state index >= 15 is 0 Å². The second-order valence-electron chi connectivity index (χ2n) is 4.36. The van der Waals surface area contributed by atoms with Gasteiger partial charge in [0.2, 0.25) is 0 Å². The van der Waals surface area contributed by atoms with Crippen LogP contribution in [0.4, 0.5) is 5.82 Å². The van der Waals surface area contributed by atoms with Gasteiger partial charge in [-0.15, -0.1) is 0 Å². The summed E-state index contributed by atoms with van der Waals surface area (Å²) in [7, 11) is 0. The molecule has 0 saturated carbocycles. The van der Waals surface area contributed by atoms with Crippen molar-refractivity contribution in [3.63, 3.8) is 0 Å². The van der Waals surface area contributed by atoms with Crippen molar-refractivity contribution >= 4 is 17.4 Å². The molecule has 2 aromatic rings. The highest BCUT2D eigenvalue weighted by Crippen LogP contribution is 2.25. The van der Waals surface area contributed by atoms with Crippen LogP contribution in [-0.4, -0.2) is 18.1 Å². The van der Waals surface area contributed by atoms with Crippen molar-refractivity contribution in [3.05, 3.63) is 52.7 Å². The van der Waals surface area contributed by atoms with Crippen LogP contribution in [0, 0.1) is 13.8 Å². The van der Waals surface area contributed by atoms with Crippen LogP contribution in [0.15, 0.2) is 36.5 Å². The van der Waals surface area contributed by atoms with Crippen molar-refractivity contribution < 1.29 is 4.74 Å². The smallest absolute Gasteiger partial charge is 0.125 e. The predicted octanol–water partition coefficient (Wildman–Crippen LogP) is 3.84. The van der Waals surface area contributed by atoms with Crippen molar-refractivity contribution in [2.75, 3.05) is 18.5 Å². The SMILES string of the molecule is Cc1cc(OCCNc2ccccn2)cc(C)c1Cl. The van der Waals surface area contributed by atoms with Crippen molar-refractivity contribution in [1.29, 1.82) is 0 Å². The molecule has 1 aromatic carbocycles. The van der Waals surface area contributed by atoms with Crippen molar-refractivity contribution in [2.45, 2.75) is 13.8 Å². The monoisotopic (exact) mass is 276 g/mol. The zero-order valence-corrected chi connectivity index (χ0v) is 11.9. The summed E-state index contributed by atoms with van der Waals surface area (Å²) in [4.78, 5) is 4.18. The number of nitrogens with one attached hydrogen (secondary N) is 1. The minimum atomic E-state index is 0.580. The van der Waals surface area contributed by atoms with Gasteiger partial charge in [0.15, 0.2) is 0 Å². The van der Waals surface area contributed by atoms with Gasteiger partial charge >= 0.3 is 0 Å². The highest BCUT2D eigenvalue weighted by molar-refractivity contribution is 6.32. The van der Waals surface area contributed by atoms with E-state index in [1.807, 2.05) is 44.2 Å². The van der Waals surface area contributed by atoms with E-state index in [1.54, 1.807) is 6.20 Å². The first-order valence-corrected chi connectivity index (χ1v) is 6.59. The molecule has 0 spiro atoms. The second-order valence-corrected chi connectivity index (χ2v) is 4.74. The van der Waals surface area contributed by atoms with Crippen LogP contribution in [0.2, 0.25) is 5.02 Å². The van der Waals surface area contributed by atoms with Crippen LogP contribution in [0.1, 0.15) is 11.1 Å². The average molecular weight is 277 g/mol. The quantitative estimate of drug-likeness (QED) is 0.843.